The molecule has 0 spiro atoms. The summed E-state index contributed by atoms with van der Waals surface area (Å²) in [5, 5.41) is 1.18. The highest BCUT2D eigenvalue weighted by molar-refractivity contribution is 6.85. The fourth-order valence-corrected chi connectivity index (χ4v) is 11.4. The Morgan fingerprint density at radius 1 is 0.721 bits per heavy atom. The third-order valence-electron chi connectivity index (χ3n) is 14.8. The van der Waals surface area contributed by atoms with Crippen LogP contribution in [0.5, 0.6) is 11.5 Å². The predicted molar refractivity (Wildman–Crippen MR) is 252 cm³/mol. The second kappa shape index (κ2) is 12.6. The molecule has 4 aromatic carbocycles. The fraction of sp³-hybridized carbons (Fsp3) is 0.309. The lowest BCUT2D eigenvalue weighted by atomic mass is 9.29. The van der Waals surface area contributed by atoms with Gasteiger partial charge >= 0.3 is 0 Å². The van der Waals surface area contributed by atoms with Crippen molar-refractivity contribution in [1.29, 1.82) is 0 Å². The quantitative estimate of drug-likeness (QED) is 0.166. The maximum atomic E-state index is 6.77. The van der Waals surface area contributed by atoms with Crippen LogP contribution in [0.2, 0.25) is 5.82 Å². The van der Waals surface area contributed by atoms with Crippen LogP contribution in [0, 0.1) is 0 Å². The second-order valence-corrected chi connectivity index (χ2v) is 20.8. The Bertz CT molecular complexity index is 2940. The van der Waals surface area contributed by atoms with Gasteiger partial charge in [-0.25, -0.2) is 0 Å². The molecule has 12 rings (SSSR count). The van der Waals surface area contributed by atoms with E-state index in [4.69, 9.17) is 9.47 Å². The summed E-state index contributed by atoms with van der Waals surface area (Å²) in [7, 11) is 0. The first-order chi connectivity index (χ1) is 29.3. The van der Waals surface area contributed by atoms with Crippen LogP contribution in [0.1, 0.15) is 104 Å². The lowest BCUT2D eigenvalue weighted by Crippen LogP contribution is -2.56. The molecule has 0 amide bonds. The van der Waals surface area contributed by atoms with Crippen molar-refractivity contribution in [3.63, 3.8) is 0 Å². The maximum absolute atomic E-state index is 6.77. The van der Waals surface area contributed by atoms with Crippen molar-refractivity contribution >= 4 is 40.3 Å². The highest BCUT2D eigenvalue weighted by Crippen LogP contribution is 2.58. The van der Waals surface area contributed by atoms with Gasteiger partial charge in [-0.05, 0) is 119 Å². The van der Waals surface area contributed by atoms with Gasteiger partial charge < -0.3 is 23.8 Å². The summed E-state index contributed by atoms with van der Waals surface area (Å²) >= 11 is 0. The Hall–Kier alpha value is -5.88. The maximum Gasteiger partial charge on any atom is 0.248 e. The number of nitrogens with zero attached hydrogens (tertiary/aromatic N) is 3. The van der Waals surface area contributed by atoms with E-state index in [2.05, 4.69) is 185 Å². The van der Waals surface area contributed by atoms with Gasteiger partial charge in [0.05, 0.1) is 11.2 Å². The number of hydrogen-bond donors (Lipinski definition) is 0. The number of aromatic nitrogens is 1. The van der Waals surface area contributed by atoms with Crippen molar-refractivity contribution in [2.75, 3.05) is 9.80 Å². The Morgan fingerprint density at radius 3 is 2.15 bits per heavy atom. The summed E-state index contributed by atoms with van der Waals surface area (Å²) in [5.74, 6) is 3.51. The number of rotatable bonds is 2. The molecule has 0 saturated carbocycles. The van der Waals surface area contributed by atoms with Gasteiger partial charge in [0, 0.05) is 63.0 Å². The fourth-order valence-electron chi connectivity index (χ4n) is 11.4. The van der Waals surface area contributed by atoms with Gasteiger partial charge in [0.2, 0.25) is 6.71 Å². The van der Waals surface area contributed by atoms with E-state index in [1.54, 1.807) is 0 Å². The topological polar surface area (TPSA) is 29.9 Å². The first-order valence-electron chi connectivity index (χ1n) is 22.5. The van der Waals surface area contributed by atoms with Crippen LogP contribution in [0.4, 0.5) is 17.1 Å². The number of ether oxygens (including phenoxy) is 2. The van der Waals surface area contributed by atoms with Crippen molar-refractivity contribution in [3.8, 4) is 17.2 Å². The minimum absolute atomic E-state index is 0.0396. The molecule has 5 nitrogen and oxygen atoms in total. The summed E-state index contributed by atoms with van der Waals surface area (Å²) in [4.78, 5) is 5.28. The van der Waals surface area contributed by atoms with E-state index in [-0.39, 0.29) is 28.8 Å². The summed E-state index contributed by atoms with van der Waals surface area (Å²) in [6.07, 6.45) is 16.5. The largest absolute Gasteiger partial charge is 0.454 e. The summed E-state index contributed by atoms with van der Waals surface area (Å²) in [6, 6.07) is 32.8. The number of anilines is 3. The summed E-state index contributed by atoms with van der Waals surface area (Å²) < 4.78 is 16.1. The molecular weight excluding hydrogens is 745 g/mol. The zero-order chi connectivity index (χ0) is 41.7. The van der Waals surface area contributed by atoms with Crippen LogP contribution in [-0.2, 0) is 16.2 Å². The van der Waals surface area contributed by atoms with Crippen LogP contribution >= 0.6 is 0 Å². The van der Waals surface area contributed by atoms with Gasteiger partial charge in [-0.1, -0.05) is 116 Å². The molecule has 1 aromatic heterocycles. The zero-order valence-corrected chi connectivity index (χ0v) is 36.8. The van der Waals surface area contributed by atoms with Gasteiger partial charge in [0.1, 0.15) is 5.76 Å². The monoisotopic (exact) mass is 799 g/mol. The van der Waals surface area contributed by atoms with Gasteiger partial charge in [0.25, 0.3) is 0 Å². The smallest absolute Gasteiger partial charge is 0.248 e. The van der Waals surface area contributed by atoms with Crippen molar-refractivity contribution in [1.82, 2.24) is 4.57 Å². The van der Waals surface area contributed by atoms with E-state index in [0.29, 0.717) is 0 Å². The minimum Gasteiger partial charge on any atom is -0.454 e. The normalized spacial score (nSPS) is 20.7. The molecule has 61 heavy (non-hydrogen) atoms. The molecule has 5 heterocycles. The van der Waals surface area contributed by atoms with E-state index in [1.165, 1.54) is 78.6 Å². The molecule has 304 valence electrons. The van der Waals surface area contributed by atoms with E-state index in [0.717, 1.165) is 60.6 Å². The van der Waals surface area contributed by atoms with Gasteiger partial charge in [-0.15, -0.1) is 0 Å². The van der Waals surface area contributed by atoms with Gasteiger partial charge in [0.15, 0.2) is 17.3 Å². The van der Waals surface area contributed by atoms with Crippen molar-refractivity contribution in [2.45, 2.75) is 110 Å². The standard InChI is InChI=1S/C55H54BN3O2/c1-53(2,3)33-19-24-37(25-20-33)57-42-28-23-36-30-41(42)56-50-43(57)15-12-16-44(50)58(38-26-21-34(22-27-38)54(4,5)6)51-40-31-48-49(61-47-18-10-9-17-46(47)60-48)32-45(40)59(52(51)56)39-14-11-13-35(29-39)55(36,7)8/h9,11,13-14,16-17,19-29,31-32,41H,10,12,15,18,30H2,1-8H3. The van der Waals surface area contributed by atoms with Gasteiger partial charge in [-0.2, -0.15) is 0 Å². The van der Waals surface area contributed by atoms with Crippen molar-refractivity contribution < 1.29 is 9.47 Å². The Balaban J connectivity index is 1.20. The first kappa shape index (κ1) is 36.9. The summed E-state index contributed by atoms with van der Waals surface area (Å²) in [6.45, 7) is 18.8. The van der Waals surface area contributed by atoms with Gasteiger partial charge in [-0.3, -0.25) is 0 Å². The highest BCUT2D eigenvalue weighted by atomic mass is 16.6. The molecule has 0 saturated heterocycles. The minimum atomic E-state index is -0.163. The SMILES string of the molecule is CC(C)(C)c1ccc(N2C3=CC=C4CC3B3C5=C2CCC=C5N(c2ccc(C(C)(C)C)cc2)c2c3n(c3cc5c(cc23)OC2=C(CCC=C2)O5)-c2cccc(c2)C4(C)C)cc1. The molecule has 1 atom stereocenters. The molecule has 4 aliphatic heterocycles. The lowest BCUT2D eigenvalue weighted by Gasteiger charge is -2.52. The number of allylic oxidation sites excluding steroid dienone is 10. The molecule has 7 aliphatic rings. The number of hydrogen-bond acceptors (Lipinski definition) is 4. The average Bonchev–Trinajstić information content (AvgIpc) is 3.57. The zero-order valence-electron chi connectivity index (χ0n) is 36.8. The molecular formula is C55H54BN3O2. The molecule has 6 heteroatoms. The van der Waals surface area contributed by atoms with E-state index in [1.807, 2.05) is 0 Å². The second-order valence-electron chi connectivity index (χ2n) is 20.8. The lowest BCUT2D eigenvalue weighted by molar-refractivity contribution is 0.290. The molecule has 5 aromatic rings. The first-order valence-corrected chi connectivity index (χ1v) is 22.5. The van der Waals surface area contributed by atoms with E-state index >= 15 is 0 Å². The number of benzene rings is 4. The molecule has 4 bridgehead atoms. The third kappa shape index (κ3) is 5.33. The van der Waals surface area contributed by atoms with Crippen LogP contribution in [0.3, 0.4) is 0 Å². The predicted octanol–water partition coefficient (Wildman–Crippen LogP) is 13.3. The van der Waals surface area contributed by atoms with Crippen molar-refractivity contribution in [2.24, 2.45) is 0 Å². The average molecular weight is 800 g/mol. The van der Waals surface area contributed by atoms with Crippen LogP contribution in [-0.4, -0.2) is 11.3 Å². The molecule has 0 N–H and O–H groups in total. The highest BCUT2D eigenvalue weighted by Gasteiger charge is 2.54. The molecule has 3 aliphatic carbocycles. The Morgan fingerprint density at radius 2 is 1.43 bits per heavy atom. The molecule has 0 fully saturated rings. The Labute approximate surface area is 361 Å². The summed E-state index contributed by atoms with van der Waals surface area (Å²) in [5.41, 5.74) is 18.4. The van der Waals surface area contributed by atoms with Crippen molar-refractivity contribution in [3.05, 3.63) is 172 Å². The van der Waals surface area contributed by atoms with E-state index < -0.39 is 0 Å². The number of fused-ring (bicyclic) bond motifs is 8. The van der Waals surface area contributed by atoms with E-state index in [9.17, 15) is 0 Å². The Kier molecular flexibility index (Phi) is 7.63. The molecule has 1 unspecified atom stereocenters. The van der Waals surface area contributed by atoms with Crippen LogP contribution < -0.4 is 24.9 Å². The third-order valence-corrected chi connectivity index (χ3v) is 14.8. The molecule has 0 radical (unpaired) electrons. The van der Waals surface area contributed by atoms with Crippen LogP contribution in [0.25, 0.3) is 16.6 Å². The van der Waals surface area contributed by atoms with Crippen LogP contribution in [0.15, 0.2) is 155 Å².